The third-order valence-electron chi connectivity index (χ3n) is 1.31. The van der Waals surface area contributed by atoms with Gasteiger partial charge in [0.15, 0.2) is 5.69 Å². The fraction of sp³-hybridized carbons (Fsp3) is 0.167. The number of hydrogen-bond donors (Lipinski definition) is 3. The number of carbonyl (C=O) groups is 2. The highest BCUT2D eigenvalue weighted by Gasteiger charge is 2.17. The number of aromatic carboxylic acids is 1. The largest absolute Gasteiger partial charge is 0.481 e. The second-order valence-electron chi connectivity index (χ2n) is 2.24. The molecule has 0 amide bonds. The van der Waals surface area contributed by atoms with E-state index in [1.54, 1.807) is 0 Å². The lowest BCUT2D eigenvalue weighted by atomic mass is 10.3. The number of nitrogens with zero attached hydrogens (tertiary/aromatic N) is 1. The molecular weight excluding hydrogens is 244 g/mol. The summed E-state index contributed by atoms with van der Waals surface area (Å²) in [4.78, 5) is 20.7. The Labute approximate surface area is 80.7 Å². The number of hydrogen-bond acceptors (Lipinski definition) is 3. The summed E-state index contributed by atoms with van der Waals surface area (Å²) in [6.45, 7) is 0. The molecule has 0 bridgehead atoms. The lowest BCUT2D eigenvalue weighted by Crippen LogP contribution is -2.01. The molecule has 0 aliphatic rings. The van der Waals surface area contributed by atoms with Gasteiger partial charge in [-0.3, -0.25) is 9.89 Å². The minimum atomic E-state index is -1.21. The first-order valence-electron chi connectivity index (χ1n) is 3.20. The van der Waals surface area contributed by atoms with Crippen molar-refractivity contribution in [2.75, 3.05) is 0 Å². The number of carboxylic acid groups (broad SMARTS) is 2. The van der Waals surface area contributed by atoms with E-state index in [1.165, 1.54) is 0 Å². The zero-order valence-electron chi connectivity index (χ0n) is 6.24. The van der Waals surface area contributed by atoms with Gasteiger partial charge < -0.3 is 10.2 Å². The summed E-state index contributed by atoms with van der Waals surface area (Å²) in [7, 11) is 0. The lowest BCUT2D eigenvalue weighted by molar-refractivity contribution is -0.136. The monoisotopic (exact) mass is 248 g/mol. The van der Waals surface area contributed by atoms with Gasteiger partial charge >= 0.3 is 11.9 Å². The summed E-state index contributed by atoms with van der Waals surface area (Å²) in [6, 6.07) is 0. The summed E-state index contributed by atoms with van der Waals surface area (Å²) in [5.74, 6) is -2.26. The number of halogens is 1. The molecule has 0 saturated carbocycles. The van der Waals surface area contributed by atoms with Crippen LogP contribution >= 0.6 is 15.9 Å². The quantitative estimate of drug-likeness (QED) is 0.723. The highest BCUT2D eigenvalue weighted by Crippen LogP contribution is 2.19. The Morgan fingerprint density at radius 2 is 2.08 bits per heavy atom. The number of aromatic amines is 1. The van der Waals surface area contributed by atoms with Crippen molar-refractivity contribution in [2.24, 2.45) is 0 Å². The maximum atomic E-state index is 10.5. The van der Waals surface area contributed by atoms with Crippen LogP contribution in [0.25, 0.3) is 0 Å². The Bertz CT molecular complexity index is 360. The van der Waals surface area contributed by atoms with Crippen molar-refractivity contribution < 1.29 is 19.8 Å². The Hall–Kier alpha value is -1.37. The van der Waals surface area contributed by atoms with E-state index in [2.05, 4.69) is 26.1 Å². The first-order chi connectivity index (χ1) is 6.02. The van der Waals surface area contributed by atoms with Gasteiger partial charge in [-0.05, 0) is 15.9 Å². The van der Waals surface area contributed by atoms with Crippen molar-refractivity contribution in [3.63, 3.8) is 0 Å². The average molecular weight is 249 g/mol. The van der Waals surface area contributed by atoms with E-state index in [0.29, 0.717) is 0 Å². The van der Waals surface area contributed by atoms with E-state index < -0.39 is 11.9 Å². The number of aromatic nitrogens is 2. The predicted octanol–water partition coefficient (Wildman–Crippen LogP) is 0.497. The van der Waals surface area contributed by atoms with E-state index in [4.69, 9.17) is 10.2 Å². The topological polar surface area (TPSA) is 103 Å². The fourth-order valence-corrected chi connectivity index (χ4v) is 1.26. The standard InChI is InChI=1S/C6H5BrN2O4/c7-4-2(1-3(10)11)8-9-5(4)6(12)13/h1H2,(H,8,9)(H,10,11)(H,12,13). The molecule has 6 nitrogen and oxygen atoms in total. The summed E-state index contributed by atoms with van der Waals surface area (Å²) < 4.78 is 0.183. The van der Waals surface area contributed by atoms with Crippen LogP contribution in [0.15, 0.2) is 4.47 Å². The van der Waals surface area contributed by atoms with E-state index in [9.17, 15) is 9.59 Å². The highest BCUT2D eigenvalue weighted by atomic mass is 79.9. The third kappa shape index (κ3) is 2.05. The van der Waals surface area contributed by atoms with Crippen LogP contribution in [0.2, 0.25) is 0 Å². The molecule has 1 rings (SSSR count). The Morgan fingerprint density at radius 1 is 1.46 bits per heavy atom. The number of rotatable bonds is 3. The van der Waals surface area contributed by atoms with Crippen molar-refractivity contribution in [2.45, 2.75) is 6.42 Å². The second kappa shape index (κ2) is 3.56. The van der Waals surface area contributed by atoms with Gasteiger partial charge in [0.2, 0.25) is 0 Å². The molecule has 0 aromatic carbocycles. The second-order valence-corrected chi connectivity index (χ2v) is 3.03. The molecule has 1 heterocycles. The van der Waals surface area contributed by atoms with Gasteiger partial charge in [0.25, 0.3) is 0 Å². The van der Waals surface area contributed by atoms with Crippen molar-refractivity contribution in [1.29, 1.82) is 0 Å². The van der Waals surface area contributed by atoms with Gasteiger partial charge in [0, 0.05) is 0 Å². The summed E-state index contributed by atoms with van der Waals surface area (Å²) in [6.07, 6.45) is -0.291. The van der Waals surface area contributed by atoms with Crippen LogP contribution < -0.4 is 0 Å². The van der Waals surface area contributed by atoms with Crippen LogP contribution in [0.3, 0.4) is 0 Å². The van der Waals surface area contributed by atoms with Gasteiger partial charge in [-0.15, -0.1) is 0 Å². The minimum Gasteiger partial charge on any atom is -0.481 e. The molecule has 3 N–H and O–H groups in total. The Kier molecular flexibility index (Phi) is 2.66. The lowest BCUT2D eigenvalue weighted by Gasteiger charge is -1.91. The van der Waals surface area contributed by atoms with Crippen molar-refractivity contribution >= 4 is 27.9 Å². The van der Waals surface area contributed by atoms with Gasteiger partial charge in [-0.25, -0.2) is 4.79 Å². The smallest absolute Gasteiger partial charge is 0.357 e. The van der Waals surface area contributed by atoms with Crippen LogP contribution in [0.4, 0.5) is 0 Å². The Balaban J connectivity index is 2.99. The molecule has 0 aliphatic heterocycles. The van der Waals surface area contributed by atoms with Crippen LogP contribution in [-0.2, 0) is 11.2 Å². The number of aliphatic carboxylic acids is 1. The summed E-state index contributed by atoms with van der Waals surface area (Å²) in [5.41, 5.74) is 0.0288. The van der Waals surface area contributed by atoms with Crippen molar-refractivity contribution in [3.8, 4) is 0 Å². The molecule has 1 aromatic rings. The first-order valence-corrected chi connectivity index (χ1v) is 3.99. The molecule has 0 spiro atoms. The molecule has 0 unspecified atom stereocenters. The van der Waals surface area contributed by atoms with Gasteiger partial charge in [0.1, 0.15) is 0 Å². The molecule has 0 aliphatic carbocycles. The fourth-order valence-electron chi connectivity index (χ4n) is 0.775. The zero-order chi connectivity index (χ0) is 10.0. The molecule has 0 saturated heterocycles. The van der Waals surface area contributed by atoms with Gasteiger partial charge in [0.05, 0.1) is 16.6 Å². The van der Waals surface area contributed by atoms with E-state index in [0.717, 1.165) is 0 Å². The van der Waals surface area contributed by atoms with E-state index in [-0.39, 0.29) is 22.3 Å². The molecular formula is C6H5BrN2O4. The van der Waals surface area contributed by atoms with Crippen LogP contribution in [0, 0.1) is 0 Å². The zero-order valence-corrected chi connectivity index (χ0v) is 7.83. The molecule has 0 atom stereocenters. The van der Waals surface area contributed by atoms with E-state index >= 15 is 0 Å². The molecule has 13 heavy (non-hydrogen) atoms. The number of nitrogens with one attached hydrogen (secondary N) is 1. The maximum absolute atomic E-state index is 10.5. The number of carboxylic acids is 2. The minimum absolute atomic E-state index is 0.183. The molecule has 0 radical (unpaired) electrons. The van der Waals surface area contributed by atoms with Crippen LogP contribution in [0.5, 0.6) is 0 Å². The highest BCUT2D eigenvalue weighted by molar-refractivity contribution is 9.10. The normalized spacial score (nSPS) is 9.92. The van der Waals surface area contributed by atoms with E-state index in [1.807, 2.05) is 0 Å². The average Bonchev–Trinajstić information content (AvgIpc) is 2.32. The SMILES string of the molecule is O=C(O)Cc1[nH]nc(C(=O)O)c1Br. The molecule has 7 heteroatoms. The van der Waals surface area contributed by atoms with Crippen molar-refractivity contribution in [3.05, 3.63) is 15.9 Å². The van der Waals surface area contributed by atoms with Gasteiger partial charge in [-0.2, -0.15) is 5.10 Å². The molecule has 1 aromatic heterocycles. The Morgan fingerprint density at radius 3 is 2.46 bits per heavy atom. The van der Waals surface area contributed by atoms with Crippen LogP contribution in [0.1, 0.15) is 16.2 Å². The number of H-pyrrole nitrogens is 1. The third-order valence-corrected chi connectivity index (χ3v) is 2.16. The first kappa shape index (κ1) is 9.72. The predicted molar refractivity (Wildman–Crippen MR) is 44.6 cm³/mol. The summed E-state index contributed by atoms with van der Waals surface area (Å²) in [5, 5.41) is 22.7. The molecule has 70 valence electrons. The van der Waals surface area contributed by atoms with Crippen LogP contribution in [-0.4, -0.2) is 32.3 Å². The van der Waals surface area contributed by atoms with Crippen molar-refractivity contribution in [1.82, 2.24) is 10.2 Å². The summed E-state index contributed by atoms with van der Waals surface area (Å²) >= 11 is 2.94. The molecule has 0 fully saturated rings. The maximum Gasteiger partial charge on any atom is 0.357 e. The van der Waals surface area contributed by atoms with Gasteiger partial charge in [-0.1, -0.05) is 0 Å².